The first-order chi connectivity index (χ1) is 9.24. The molecule has 3 aromatic rings. The van der Waals surface area contributed by atoms with Crippen LogP contribution >= 0.6 is 11.3 Å². The maximum absolute atomic E-state index is 10.8. The minimum absolute atomic E-state index is 0.214. The molecule has 0 aliphatic heterocycles. The molecule has 0 saturated heterocycles. The predicted octanol–water partition coefficient (Wildman–Crippen LogP) is 2.56. The van der Waals surface area contributed by atoms with Gasteiger partial charge in [0.05, 0.1) is 16.0 Å². The summed E-state index contributed by atoms with van der Waals surface area (Å²) in [5, 5.41) is 12.7. The number of aromatic carboxylic acids is 1. The van der Waals surface area contributed by atoms with Crippen molar-refractivity contribution in [3.63, 3.8) is 0 Å². The third-order valence-corrected chi connectivity index (χ3v) is 3.23. The first-order valence-electron chi connectivity index (χ1n) is 5.30. The van der Waals surface area contributed by atoms with Crippen molar-refractivity contribution in [1.82, 2.24) is 15.1 Å². The van der Waals surface area contributed by atoms with E-state index in [1.807, 2.05) is 0 Å². The predicted molar refractivity (Wildman–Crippen MR) is 67.8 cm³/mol. The zero-order valence-corrected chi connectivity index (χ0v) is 10.3. The summed E-state index contributed by atoms with van der Waals surface area (Å²) in [4.78, 5) is 19.8. The van der Waals surface area contributed by atoms with Gasteiger partial charge in [-0.25, -0.2) is 4.79 Å². The summed E-state index contributed by atoms with van der Waals surface area (Å²) in [7, 11) is 0. The summed E-state index contributed by atoms with van der Waals surface area (Å²) in [6.45, 7) is 0. The van der Waals surface area contributed by atoms with Gasteiger partial charge in [0.15, 0.2) is 0 Å². The van der Waals surface area contributed by atoms with Crippen LogP contribution in [0.3, 0.4) is 0 Å². The Labute approximate surface area is 111 Å². The third kappa shape index (κ3) is 2.23. The maximum atomic E-state index is 10.8. The summed E-state index contributed by atoms with van der Waals surface area (Å²) in [6.07, 6.45) is 1.66. The highest BCUT2D eigenvalue weighted by Gasteiger charge is 2.12. The maximum Gasteiger partial charge on any atom is 0.335 e. The lowest BCUT2D eigenvalue weighted by atomic mass is 10.1. The van der Waals surface area contributed by atoms with E-state index in [2.05, 4.69) is 15.1 Å². The Morgan fingerprint density at radius 1 is 1.26 bits per heavy atom. The van der Waals surface area contributed by atoms with Gasteiger partial charge in [-0.2, -0.15) is 4.98 Å². The molecule has 6 nitrogen and oxygen atoms in total. The van der Waals surface area contributed by atoms with Crippen molar-refractivity contribution < 1.29 is 14.4 Å². The monoisotopic (exact) mass is 273 g/mol. The van der Waals surface area contributed by atoms with E-state index in [1.54, 1.807) is 23.8 Å². The Morgan fingerprint density at radius 3 is 2.68 bits per heavy atom. The van der Waals surface area contributed by atoms with E-state index < -0.39 is 5.97 Å². The molecule has 1 aromatic carbocycles. The molecule has 2 aromatic heterocycles. The lowest BCUT2D eigenvalue weighted by Gasteiger charge is -1.95. The highest BCUT2D eigenvalue weighted by molar-refractivity contribution is 7.13. The molecule has 0 aliphatic carbocycles. The van der Waals surface area contributed by atoms with Gasteiger partial charge < -0.3 is 9.63 Å². The number of carbonyl (C=O) groups is 1. The molecule has 3 rings (SSSR count). The lowest BCUT2D eigenvalue weighted by molar-refractivity contribution is 0.0697. The Balaban J connectivity index is 1.92. The van der Waals surface area contributed by atoms with Crippen LogP contribution in [0.5, 0.6) is 0 Å². The van der Waals surface area contributed by atoms with Gasteiger partial charge in [-0.3, -0.25) is 4.98 Å². The lowest BCUT2D eigenvalue weighted by Crippen LogP contribution is -1.94. The van der Waals surface area contributed by atoms with Crippen LogP contribution in [-0.4, -0.2) is 26.2 Å². The van der Waals surface area contributed by atoms with Crippen LogP contribution < -0.4 is 0 Å². The van der Waals surface area contributed by atoms with Gasteiger partial charge in [0, 0.05) is 11.8 Å². The van der Waals surface area contributed by atoms with Gasteiger partial charge in [0.25, 0.3) is 5.89 Å². The molecule has 0 spiro atoms. The van der Waals surface area contributed by atoms with Crippen molar-refractivity contribution in [2.24, 2.45) is 0 Å². The first kappa shape index (κ1) is 11.5. The van der Waals surface area contributed by atoms with Crippen LogP contribution in [0, 0.1) is 0 Å². The first-order valence-corrected chi connectivity index (χ1v) is 6.18. The van der Waals surface area contributed by atoms with Crippen molar-refractivity contribution >= 4 is 17.3 Å². The molecule has 0 bridgehead atoms. The van der Waals surface area contributed by atoms with Crippen molar-refractivity contribution in [1.29, 1.82) is 0 Å². The molecule has 94 valence electrons. The van der Waals surface area contributed by atoms with E-state index in [-0.39, 0.29) is 5.56 Å². The number of aromatic nitrogens is 3. The second-order valence-electron chi connectivity index (χ2n) is 3.67. The van der Waals surface area contributed by atoms with Gasteiger partial charge in [0.1, 0.15) is 0 Å². The quantitative estimate of drug-likeness (QED) is 0.788. The van der Waals surface area contributed by atoms with E-state index in [4.69, 9.17) is 9.63 Å². The van der Waals surface area contributed by atoms with Gasteiger partial charge in [-0.1, -0.05) is 5.16 Å². The number of carboxylic acid groups (broad SMARTS) is 1. The summed E-state index contributed by atoms with van der Waals surface area (Å²) in [5.74, 6) is -0.150. The molecule has 0 aliphatic rings. The minimum Gasteiger partial charge on any atom is -0.478 e. The smallest absolute Gasteiger partial charge is 0.335 e. The summed E-state index contributed by atoms with van der Waals surface area (Å²) in [6, 6.07) is 6.25. The molecule has 7 heteroatoms. The van der Waals surface area contributed by atoms with E-state index in [9.17, 15) is 4.79 Å². The zero-order valence-electron chi connectivity index (χ0n) is 9.48. The molecule has 0 saturated carbocycles. The normalized spacial score (nSPS) is 10.5. The molecule has 19 heavy (non-hydrogen) atoms. The summed E-state index contributed by atoms with van der Waals surface area (Å²) >= 11 is 1.42. The minimum atomic E-state index is -0.970. The fourth-order valence-electron chi connectivity index (χ4n) is 1.52. The van der Waals surface area contributed by atoms with Crippen molar-refractivity contribution in [2.45, 2.75) is 0 Å². The number of carboxylic acids is 1. The number of benzene rings is 1. The molecule has 0 unspecified atom stereocenters. The highest BCUT2D eigenvalue weighted by Crippen LogP contribution is 2.24. The summed E-state index contributed by atoms with van der Waals surface area (Å²) < 4.78 is 5.15. The standard InChI is InChI=1S/C12H7N3O3S/c16-12(17)8-3-1-7(2-4-8)11-14-10(15-18-11)9-5-13-6-19-9/h1-6H,(H,16,17). The van der Waals surface area contributed by atoms with E-state index in [0.717, 1.165) is 4.88 Å². The third-order valence-electron chi connectivity index (χ3n) is 2.46. The van der Waals surface area contributed by atoms with Crippen molar-refractivity contribution in [3.05, 3.63) is 41.5 Å². The number of rotatable bonds is 3. The van der Waals surface area contributed by atoms with E-state index in [1.165, 1.54) is 23.5 Å². The average Bonchev–Trinajstić information content (AvgIpc) is 3.10. The van der Waals surface area contributed by atoms with Gasteiger partial charge in [-0.15, -0.1) is 11.3 Å². The molecule has 0 atom stereocenters. The molecular formula is C12H7N3O3S. The Bertz CT molecular complexity index is 704. The van der Waals surface area contributed by atoms with Crippen LogP contribution in [0.4, 0.5) is 0 Å². The van der Waals surface area contributed by atoms with Crippen LogP contribution in [-0.2, 0) is 0 Å². The Kier molecular flexibility index (Phi) is 2.81. The van der Waals surface area contributed by atoms with Crippen molar-refractivity contribution in [2.75, 3.05) is 0 Å². The molecule has 0 fully saturated rings. The largest absolute Gasteiger partial charge is 0.478 e. The van der Waals surface area contributed by atoms with Gasteiger partial charge in [0.2, 0.25) is 5.82 Å². The van der Waals surface area contributed by atoms with Crippen LogP contribution in [0.1, 0.15) is 10.4 Å². The molecule has 2 heterocycles. The zero-order chi connectivity index (χ0) is 13.2. The number of hydrogen-bond donors (Lipinski definition) is 1. The van der Waals surface area contributed by atoms with Crippen LogP contribution in [0.15, 0.2) is 40.5 Å². The van der Waals surface area contributed by atoms with Crippen molar-refractivity contribution in [3.8, 4) is 22.2 Å². The SMILES string of the molecule is O=C(O)c1ccc(-c2nc(-c3cncs3)no2)cc1. The van der Waals surface area contributed by atoms with Crippen LogP contribution in [0.25, 0.3) is 22.2 Å². The fraction of sp³-hybridized carbons (Fsp3) is 0. The number of nitrogens with zero attached hydrogens (tertiary/aromatic N) is 3. The highest BCUT2D eigenvalue weighted by atomic mass is 32.1. The topological polar surface area (TPSA) is 89.1 Å². The Hall–Kier alpha value is -2.54. The fourth-order valence-corrected chi connectivity index (χ4v) is 2.07. The second-order valence-corrected chi connectivity index (χ2v) is 4.56. The molecule has 0 amide bonds. The van der Waals surface area contributed by atoms with E-state index >= 15 is 0 Å². The number of thiazole rings is 1. The summed E-state index contributed by atoms with van der Waals surface area (Å²) in [5.41, 5.74) is 2.58. The average molecular weight is 273 g/mol. The molecular weight excluding hydrogens is 266 g/mol. The van der Waals surface area contributed by atoms with Gasteiger partial charge >= 0.3 is 5.97 Å². The number of hydrogen-bond acceptors (Lipinski definition) is 6. The van der Waals surface area contributed by atoms with Gasteiger partial charge in [-0.05, 0) is 24.3 Å². The Morgan fingerprint density at radius 2 is 2.05 bits per heavy atom. The molecule has 1 N–H and O–H groups in total. The van der Waals surface area contributed by atoms with Crippen LogP contribution in [0.2, 0.25) is 0 Å². The molecule has 0 radical (unpaired) electrons. The van der Waals surface area contributed by atoms with E-state index in [0.29, 0.717) is 17.3 Å². The second kappa shape index (κ2) is 4.62.